The third-order valence-electron chi connectivity index (χ3n) is 5.94. The monoisotopic (exact) mass is 493 g/mol. The fourth-order valence-corrected chi connectivity index (χ4v) is 6.19. The summed E-state index contributed by atoms with van der Waals surface area (Å²) in [5.74, 6) is -0.0303. The van der Waals surface area contributed by atoms with E-state index in [2.05, 4.69) is 78.8 Å². The van der Waals surface area contributed by atoms with Gasteiger partial charge in [0.05, 0.1) is 34.9 Å². The van der Waals surface area contributed by atoms with Gasteiger partial charge >= 0.3 is 0 Å². The van der Waals surface area contributed by atoms with Gasteiger partial charge in [-0.2, -0.15) is 0 Å². The van der Waals surface area contributed by atoms with Crippen molar-refractivity contribution in [2.24, 2.45) is 0 Å². The second kappa shape index (κ2) is 11.0. The molecule has 0 aliphatic carbocycles. The number of amides is 1. The van der Waals surface area contributed by atoms with Crippen molar-refractivity contribution in [3.63, 3.8) is 0 Å². The third-order valence-corrected chi connectivity index (χ3v) is 12.9. The van der Waals surface area contributed by atoms with Gasteiger partial charge in [0, 0.05) is 11.7 Å². The average molecular weight is 494 g/mol. The van der Waals surface area contributed by atoms with Gasteiger partial charge < -0.3 is 14.4 Å². The Balaban J connectivity index is 3.41. The smallest absolute Gasteiger partial charge is 0.254 e. The highest BCUT2D eigenvalue weighted by molar-refractivity contribution is 6.81. The number of aliphatic hydroxyl groups excluding tert-OH is 1. The van der Waals surface area contributed by atoms with Gasteiger partial charge in [-0.25, -0.2) is 0 Å². The van der Waals surface area contributed by atoms with Crippen molar-refractivity contribution < 1.29 is 14.3 Å². The summed E-state index contributed by atoms with van der Waals surface area (Å²) >= 11 is 0. The summed E-state index contributed by atoms with van der Waals surface area (Å²) in [6.07, 6.45) is 1.81. The molecule has 32 heavy (non-hydrogen) atoms. The number of hydrogen-bond acceptors (Lipinski definition) is 3. The van der Waals surface area contributed by atoms with Crippen LogP contribution >= 0.6 is 0 Å². The average Bonchev–Trinajstić information content (AvgIpc) is 2.63. The molecule has 0 unspecified atom stereocenters. The molecule has 0 aliphatic heterocycles. The van der Waals surface area contributed by atoms with E-state index < -0.39 is 36.6 Å². The summed E-state index contributed by atoms with van der Waals surface area (Å²) in [6, 6.07) is 9.00. The Labute approximate surface area is 200 Å². The first kappa shape index (κ1) is 29.0. The van der Waals surface area contributed by atoms with E-state index >= 15 is 0 Å². The van der Waals surface area contributed by atoms with Crippen LogP contribution in [0.5, 0.6) is 0 Å². The molecule has 0 spiro atoms. The molecular weight excluding hydrogens is 447 g/mol. The lowest BCUT2D eigenvalue weighted by Crippen LogP contribution is -2.56. The lowest BCUT2D eigenvalue weighted by Gasteiger charge is -2.42. The first-order valence-electron chi connectivity index (χ1n) is 11.7. The molecular formula is C25H47NO3Si3. The van der Waals surface area contributed by atoms with Gasteiger partial charge in [-0.1, -0.05) is 90.0 Å². The zero-order valence-electron chi connectivity index (χ0n) is 22.3. The third kappa shape index (κ3) is 9.47. The number of carbonyl (C=O) groups excluding carboxylic acids is 1. The van der Waals surface area contributed by atoms with Gasteiger partial charge in [0.15, 0.2) is 8.32 Å². The fraction of sp³-hybridized carbons (Fsp3) is 0.640. The molecule has 1 rings (SSSR count). The molecule has 0 saturated heterocycles. The van der Waals surface area contributed by atoms with Crippen molar-refractivity contribution >= 4 is 30.4 Å². The van der Waals surface area contributed by atoms with Crippen LogP contribution in [0.4, 0.5) is 0 Å². The Hall–Kier alpha value is -0.999. The molecule has 7 heteroatoms. The number of benzene rings is 1. The van der Waals surface area contributed by atoms with Gasteiger partial charge in [0.25, 0.3) is 5.91 Å². The second-order valence-electron chi connectivity index (χ2n) is 12.7. The lowest BCUT2D eigenvalue weighted by atomic mass is 10.1. The van der Waals surface area contributed by atoms with Gasteiger partial charge in [0.1, 0.15) is 0 Å². The number of rotatable bonds is 10. The molecule has 1 amide bonds. The first-order valence-corrected chi connectivity index (χ1v) is 21.9. The molecule has 2 atom stereocenters. The summed E-state index contributed by atoms with van der Waals surface area (Å²) < 4.78 is 6.57. The van der Waals surface area contributed by atoms with Gasteiger partial charge in [-0.3, -0.25) is 4.79 Å². The zero-order valence-corrected chi connectivity index (χ0v) is 25.3. The van der Waals surface area contributed by atoms with Crippen LogP contribution in [0.25, 0.3) is 0 Å². The van der Waals surface area contributed by atoms with E-state index in [1.807, 2.05) is 41.3 Å². The SMILES string of the molecule is CC(C)(C)[Si](C)(C)OC[C@H]([C@H](O)/C=C/[Si](C)(C)C)N(C[Si](C)(C)C)C(=O)c1ccccc1. The standard InChI is InChI=1S/C25H47NO3Si3/c1-25(2,3)32(10,11)29-19-22(23(27)17-18-30(4,5)6)26(20-31(7,8)9)24(28)21-15-13-12-14-16-21/h12-18,22-23,27H,19-20H2,1-11H3/b18-17+/t22-,23-/m1/s1. The predicted molar refractivity (Wildman–Crippen MR) is 146 cm³/mol. The maximum Gasteiger partial charge on any atom is 0.254 e. The van der Waals surface area contributed by atoms with Crippen LogP contribution in [0.2, 0.25) is 57.4 Å². The van der Waals surface area contributed by atoms with Gasteiger partial charge in [0.2, 0.25) is 0 Å². The number of hydrogen-bond donors (Lipinski definition) is 1. The predicted octanol–water partition coefficient (Wildman–Crippen LogP) is 6.19. The van der Waals surface area contributed by atoms with Crippen molar-refractivity contribution in [1.29, 1.82) is 0 Å². The molecule has 0 heterocycles. The van der Waals surface area contributed by atoms with Crippen LogP contribution in [0.1, 0.15) is 31.1 Å². The van der Waals surface area contributed by atoms with Crippen LogP contribution in [-0.2, 0) is 4.43 Å². The Morgan fingerprint density at radius 2 is 1.56 bits per heavy atom. The fourth-order valence-electron chi connectivity index (χ4n) is 3.00. The van der Waals surface area contributed by atoms with Crippen molar-refractivity contribution in [2.75, 3.05) is 12.8 Å². The summed E-state index contributed by atoms with van der Waals surface area (Å²) in [6.45, 7) is 24.9. The topological polar surface area (TPSA) is 49.8 Å². The van der Waals surface area contributed by atoms with Crippen molar-refractivity contribution in [2.45, 2.75) is 90.3 Å². The summed E-state index contributed by atoms with van der Waals surface area (Å²) in [5.41, 5.74) is 2.82. The Bertz CT molecular complexity index is 759. The molecule has 0 fully saturated rings. The van der Waals surface area contributed by atoms with Crippen molar-refractivity contribution in [3.8, 4) is 0 Å². The van der Waals surface area contributed by atoms with E-state index in [1.165, 1.54) is 0 Å². The van der Waals surface area contributed by atoms with Crippen LogP contribution in [0.3, 0.4) is 0 Å². The van der Waals surface area contributed by atoms with Crippen molar-refractivity contribution in [3.05, 3.63) is 47.7 Å². The molecule has 0 aromatic heterocycles. The van der Waals surface area contributed by atoms with E-state index in [1.54, 1.807) is 0 Å². The molecule has 0 saturated carbocycles. The molecule has 0 bridgehead atoms. The summed E-state index contributed by atoms with van der Waals surface area (Å²) in [4.78, 5) is 15.6. The molecule has 1 N–H and O–H groups in total. The van der Waals surface area contributed by atoms with Crippen LogP contribution < -0.4 is 0 Å². The summed E-state index contributed by atoms with van der Waals surface area (Å²) in [5, 5.41) is 11.4. The number of carbonyl (C=O) groups is 1. The van der Waals surface area contributed by atoms with Crippen LogP contribution in [-0.4, -0.2) is 65.3 Å². The van der Waals surface area contributed by atoms with Gasteiger partial charge in [-0.15, -0.1) is 0 Å². The highest BCUT2D eigenvalue weighted by Crippen LogP contribution is 2.37. The maximum absolute atomic E-state index is 13.7. The molecule has 182 valence electrons. The zero-order chi connectivity index (χ0) is 25.0. The molecule has 0 radical (unpaired) electrons. The van der Waals surface area contributed by atoms with E-state index in [4.69, 9.17) is 4.43 Å². The molecule has 1 aromatic rings. The highest BCUT2D eigenvalue weighted by atomic mass is 28.4. The lowest BCUT2D eigenvalue weighted by molar-refractivity contribution is 0.0373. The molecule has 0 aliphatic rings. The van der Waals surface area contributed by atoms with Crippen LogP contribution in [0, 0.1) is 0 Å². The largest absolute Gasteiger partial charge is 0.415 e. The quantitative estimate of drug-likeness (QED) is 0.395. The van der Waals surface area contributed by atoms with Crippen molar-refractivity contribution in [1.82, 2.24) is 4.90 Å². The van der Waals surface area contributed by atoms with E-state index in [0.717, 1.165) is 0 Å². The Morgan fingerprint density at radius 3 is 2.00 bits per heavy atom. The van der Waals surface area contributed by atoms with E-state index in [9.17, 15) is 9.90 Å². The molecule has 4 nitrogen and oxygen atoms in total. The Morgan fingerprint density at radius 1 is 1.03 bits per heavy atom. The van der Waals surface area contributed by atoms with Crippen LogP contribution in [0.15, 0.2) is 42.1 Å². The maximum atomic E-state index is 13.7. The minimum absolute atomic E-state index is 0.0303. The summed E-state index contributed by atoms with van der Waals surface area (Å²) in [7, 11) is -5.20. The minimum Gasteiger partial charge on any atom is -0.415 e. The minimum atomic E-state index is -2.04. The first-order chi connectivity index (χ1) is 14.3. The second-order valence-corrected chi connectivity index (χ2v) is 28.0. The van der Waals surface area contributed by atoms with Gasteiger partial charge in [-0.05, 0) is 30.3 Å². The highest BCUT2D eigenvalue weighted by Gasteiger charge is 2.40. The van der Waals surface area contributed by atoms with E-state index in [-0.39, 0.29) is 10.9 Å². The van der Waals surface area contributed by atoms with E-state index in [0.29, 0.717) is 18.3 Å². The normalized spacial score (nSPS) is 15.6. The molecule has 1 aromatic carbocycles. The number of nitrogens with zero attached hydrogens (tertiary/aromatic N) is 1. The number of aliphatic hydroxyl groups is 1. The Kier molecular flexibility index (Phi) is 9.94.